The van der Waals surface area contributed by atoms with Crippen LogP contribution in [0.4, 0.5) is 0 Å². The highest BCUT2D eigenvalue weighted by atomic mass is 35.5. The topological polar surface area (TPSA) is 54.4 Å². The molecule has 0 aliphatic carbocycles. The summed E-state index contributed by atoms with van der Waals surface area (Å²) in [4.78, 5) is -0.181. The van der Waals surface area contributed by atoms with Gasteiger partial charge in [0.15, 0.2) is 0 Å². The van der Waals surface area contributed by atoms with Crippen LogP contribution < -0.4 is 0 Å². The van der Waals surface area contributed by atoms with Gasteiger partial charge in [-0.2, -0.15) is 8.42 Å². The van der Waals surface area contributed by atoms with Crippen molar-refractivity contribution in [1.82, 2.24) is 0 Å². The van der Waals surface area contributed by atoms with Crippen LogP contribution in [0.2, 0.25) is 5.02 Å². The molecule has 0 atom stereocenters. The van der Waals surface area contributed by atoms with Crippen molar-refractivity contribution in [2.75, 3.05) is 0 Å². The van der Waals surface area contributed by atoms with Gasteiger partial charge in [-0.15, -0.1) is 0 Å². The van der Waals surface area contributed by atoms with Crippen molar-refractivity contribution in [3.63, 3.8) is 0 Å². The van der Waals surface area contributed by atoms with Crippen molar-refractivity contribution in [2.45, 2.75) is 18.2 Å². The highest BCUT2D eigenvalue weighted by Gasteiger charge is 2.17. The molecule has 0 unspecified atom stereocenters. The maximum absolute atomic E-state index is 10.9. The molecule has 0 aliphatic rings. The summed E-state index contributed by atoms with van der Waals surface area (Å²) >= 11 is 5.65. The van der Waals surface area contributed by atoms with E-state index in [0.29, 0.717) is 12.0 Å². The zero-order chi connectivity index (χ0) is 10.1. The Labute approximate surface area is 82.1 Å². The Morgan fingerprint density at radius 3 is 2.46 bits per heavy atom. The first-order valence-electron chi connectivity index (χ1n) is 3.71. The van der Waals surface area contributed by atoms with Gasteiger partial charge in [0.2, 0.25) is 0 Å². The van der Waals surface area contributed by atoms with Gasteiger partial charge in [0.05, 0.1) is 5.02 Å². The van der Waals surface area contributed by atoms with Crippen molar-refractivity contribution in [3.8, 4) is 0 Å². The monoisotopic (exact) mass is 220 g/mol. The minimum Gasteiger partial charge on any atom is -0.282 e. The lowest BCUT2D eigenvalue weighted by Crippen LogP contribution is -2.03. The largest absolute Gasteiger partial charge is 0.296 e. The molecule has 5 heteroatoms. The van der Waals surface area contributed by atoms with Crippen molar-refractivity contribution in [1.29, 1.82) is 0 Å². The highest BCUT2D eigenvalue weighted by Crippen LogP contribution is 2.25. The molecule has 0 heterocycles. The van der Waals surface area contributed by atoms with Gasteiger partial charge in [-0.25, -0.2) is 0 Å². The SMILES string of the molecule is CCc1cccc(Cl)c1S(=O)(=O)O. The molecular weight excluding hydrogens is 212 g/mol. The van der Waals surface area contributed by atoms with Gasteiger partial charge in [-0.1, -0.05) is 30.7 Å². The fourth-order valence-electron chi connectivity index (χ4n) is 1.12. The molecule has 0 aliphatic heterocycles. The van der Waals surface area contributed by atoms with Gasteiger partial charge >= 0.3 is 0 Å². The summed E-state index contributed by atoms with van der Waals surface area (Å²) in [5, 5.41) is 0.0573. The second kappa shape index (κ2) is 3.65. The van der Waals surface area contributed by atoms with Crippen LogP contribution >= 0.6 is 11.6 Å². The number of halogens is 1. The molecule has 0 fully saturated rings. The molecule has 1 rings (SSSR count). The number of rotatable bonds is 2. The predicted octanol–water partition coefficient (Wildman–Crippen LogP) is 2.15. The summed E-state index contributed by atoms with van der Waals surface area (Å²) in [6.07, 6.45) is 0.510. The lowest BCUT2D eigenvalue weighted by Gasteiger charge is -2.05. The molecule has 0 spiro atoms. The van der Waals surface area contributed by atoms with E-state index in [1.54, 1.807) is 19.1 Å². The maximum Gasteiger partial charge on any atom is 0.296 e. The Kier molecular flexibility index (Phi) is 2.95. The molecule has 1 aromatic carbocycles. The molecule has 1 N–H and O–H groups in total. The van der Waals surface area contributed by atoms with E-state index < -0.39 is 10.1 Å². The van der Waals surface area contributed by atoms with Crippen LogP contribution in [-0.2, 0) is 16.5 Å². The van der Waals surface area contributed by atoms with Gasteiger partial charge in [0, 0.05) is 0 Å². The summed E-state index contributed by atoms with van der Waals surface area (Å²) in [7, 11) is -4.21. The van der Waals surface area contributed by atoms with E-state index in [0.717, 1.165) is 0 Å². The van der Waals surface area contributed by atoms with Crippen molar-refractivity contribution in [3.05, 3.63) is 28.8 Å². The van der Waals surface area contributed by atoms with Gasteiger partial charge in [-0.05, 0) is 18.1 Å². The molecular formula is C8H9ClO3S. The summed E-state index contributed by atoms with van der Waals surface area (Å²) in [5.74, 6) is 0. The molecule has 1 aromatic rings. The highest BCUT2D eigenvalue weighted by molar-refractivity contribution is 7.86. The number of aryl methyl sites for hydroxylation is 1. The van der Waals surface area contributed by atoms with Gasteiger partial charge in [-0.3, -0.25) is 4.55 Å². The normalized spacial score (nSPS) is 11.6. The average molecular weight is 221 g/mol. The van der Waals surface area contributed by atoms with Gasteiger partial charge < -0.3 is 0 Å². The molecule has 0 saturated heterocycles. The summed E-state index contributed by atoms with van der Waals surface area (Å²) in [6, 6.07) is 4.70. The molecule has 0 aromatic heterocycles. The number of hydrogen-bond acceptors (Lipinski definition) is 2. The minimum absolute atomic E-state index is 0.0573. The van der Waals surface area contributed by atoms with Gasteiger partial charge in [0.25, 0.3) is 10.1 Å². The minimum atomic E-state index is -4.21. The first-order valence-corrected chi connectivity index (χ1v) is 5.53. The van der Waals surface area contributed by atoms with Crippen LogP contribution in [0.1, 0.15) is 12.5 Å². The lowest BCUT2D eigenvalue weighted by molar-refractivity contribution is 0.482. The van der Waals surface area contributed by atoms with Crippen LogP contribution in [0, 0.1) is 0 Å². The molecule has 0 bridgehead atoms. The van der Waals surface area contributed by atoms with Crippen LogP contribution in [0.15, 0.2) is 23.1 Å². The Morgan fingerprint density at radius 1 is 1.46 bits per heavy atom. The summed E-state index contributed by atoms with van der Waals surface area (Å²) in [6.45, 7) is 1.79. The fourth-order valence-corrected chi connectivity index (χ4v) is 2.47. The standard InChI is InChI=1S/C8H9ClO3S/c1-2-6-4-3-5-7(9)8(6)13(10,11)12/h3-5H,2H2,1H3,(H,10,11,12). The number of benzene rings is 1. The fraction of sp³-hybridized carbons (Fsp3) is 0.250. The molecule has 0 saturated carbocycles. The molecule has 0 radical (unpaired) electrons. The van der Waals surface area contributed by atoms with Crippen LogP contribution in [-0.4, -0.2) is 13.0 Å². The number of hydrogen-bond donors (Lipinski definition) is 1. The molecule has 72 valence electrons. The van der Waals surface area contributed by atoms with Crippen LogP contribution in [0.25, 0.3) is 0 Å². The van der Waals surface area contributed by atoms with Crippen molar-refractivity contribution >= 4 is 21.7 Å². The second-order valence-corrected chi connectivity index (χ2v) is 4.32. The maximum atomic E-state index is 10.9. The quantitative estimate of drug-likeness (QED) is 0.777. The van der Waals surface area contributed by atoms with Crippen LogP contribution in [0.5, 0.6) is 0 Å². The summed E-state index contributed by atoms with van der Waals surface area (Å²) < 4.78 is 30.7. The third-order valence-electron chi connectivity index (χ3n) is 1.69. The second-order valence-electron chi connectivity index (χ2n) is 2.56. The first-order chi connectivity index (χ1) is 5.96. The zero-order valence-corrected chi connectivity index (χ0v) is 8.56. The molecule has 0 amide bonds. The smallest absolute Gasteiger partial charge is 0.282 e. The third-order valence-corrected chi connectivity index (χ3v) is 3.11. The molecule has 3 nitrogen and oxygen atoms in total. The third kappa shape index (κ3) is 2.21. The van der Waals surface area contributed by atoms with E-state index in [-0.39, 0.29) is 9.92 Å². The van der Waals surface area contributed by atoms with E-state index in [1.807, 2.05) is 0 Å². The predicted molar refractivity (Wildman–Crippen MR) is 50.6 cm³/mol. The average Bonchev–Trinajstić information content (AvgIpc) is 2.01. The Bertz CT molecular complexity index is 411. The summed E-state index contributed by atoms with van der Waals surface area (Å²) in [5.41, 5.74) is 0.523. The Morgan fingerprint density at radius 2 is 2.08 bits per heavy atom. The van der Waals surface area contributed by atoms with E-state index in [1.165, 1.54) is 6.07 Å². The lowest BCUT2D eigenvalue weighted by atomic mass is 10.2. The van der Waals surface area contributed by atoms with E-state index in [4.69, 9.17) is 16.2 Å². The van der Waals surface area contributed by atoms with E-state index in [2.05, 4.69) is 0 Å². The Hall–Kier alpha value is -0.580. The van der Waals surface area contributed by atoms with Crippen molar-refractivity contribution < 1.29 is 13.0 Å². The molecule has 13 heavy (non-hydrogen) atoms. The van der Waals surface area contributed by atoms with Crippen molar-refractivity contribution in [2.24, 2.45) is 0 Å². The zero-order valence-electron chi connectivity index (χ0n) is 6.99. The van der Waals surface area contributed by atoms with E-state index >= 15 is 0 Å². The van der Waals surface area contributed by atoms with E-state index in [9.17, 15) is 8.42 Å². The van der Waals surface area contributed by atoms with Crippen LogP contribution in [0.3, 0.4) is 0 Å². The first kappa shape index (κ1) is 10.5. The Balaban J connectivity index is 3.50. The van der Waals surface area contributed by atoms with Gasteiger partial charge in [0.1, 0.15) is 4.90 Å².